The van der Waals surface area contributed by atoms with Gasteiger partial charge < -0.3 is 9.80 Å². The van der Waals surface area contributed by atoms with E-state index in [9.17, 15) is 5.26 Å². The van der Waals surface area contributed by atoms with E-state index < -0.39 is 0 Å². The van der Waals surface area contributed by atoms with E-state index in [0.29, 0.717) is 0 Å². The van der Waals surface area contributed by atoms with Crippen LogP contribution in [0.4, 0.5) is 5.82 Å². The highest BCUT2D eigenvalue weighted by Crippen LogP contribution is 2.30. The summed E-state index contributed by atoms with van der Waals surface area (Å²) in [6.07, 6.45) is 7.59. The van der Waals surface area contributed by atoms with Crippen LogP contribution in [0, 0.1) is 11.3 Å². The predicted molar refractivity (Wildman–Crippen MR) is 117 cm³/mol. The first-order valence-electron chi connectivity index (χ1n) is 11.2. The van der Waals surface area contributed by atoms with Gasteiger partial charge in [-0.1, -0.05) is 25.5 Å². The Morgan fingerprint density at radius 2 is 1.93 bits per heavy atom. The number of nitrogens with one attached hydrogen (secondary N) is 1. The summed E-state index contributed by atoms with van der Waals surface area (Å²) in [4.78, 5) is 9.20. The highest BCUT2D eigenvalue weighted by atomic mass is 15.3. The van der Waals surface area contributed by atoms with Crippen molar-refractivity contribution in [1.29, 1.82) is 5.26 Å². The molecule has 1 N–H and O–H groups in total. The SMILES string of the molecule is CCCc1cc(N2CC[NH+](C3CCCC3)CC2)n2c(nc3ccccc32)c1C#N. The van der Waals surface area contributed by atoms with E-state index in [1.54, 1.807) is 4.90 Å². The van der Waals surface area contributed by atoms with Crippen molar-refractivity contribution in [2.45, 2.75) is 51.5 Å². The number of aryl methyl sites for hydroxylation is 1. The van der Waals surface area contributed by atoms with Gasteiger partial charge in [-0.2, -0.15) is 5.26 Å². The molecular formula is C24H30N5+. The molecule has 2 aromatic heterocycles. The van der Waals surface area contributed by atoms with E-state index in [0.717, 1.165) is 59.8 Å². The number of fused-ring (bicyclic) bond motifs is 3. The van der Waals surface area contributed by atoms with Crippen LogP contribution < -0.4 is 9.80 Å². The maximum absolute atomic E-state index is 9.91. The van der Waals surface area contributed by atoms with Gasteiger partial charge in [0, 0.05) is 0 Å². The van der Waals surface area contributed by atoms with E-state index in [-0.39, 0.29) is 0 Å². The zero-order chi connectivity index (χ0) is 19.8. The smallest absolute Gasteiger partial charge is 0.157 e. The summed E-state index contributed by atoms with van der Waals surface area (Å²) in [5.74, 6) is 1.21. The fourth-order valence-corrected chi connectivity index (χ4v) is 5.45. The Kier molecular flexibility index (Phi) is 4.89. The number of nitriles is 1. The average Bonchev–Trinajstić information content (AvgIpc) is 3.42. The molecule has 0 unspecified atom stereocenters. The lowest BCUT2D eigenvalue weighted by molar-refractivity contribution is -0.925. The number of hydrogen-bond donors (Lipinski definition) is 1. The third-order valence-corrected chi connectivity index (χ3v) is 6.93. The highest BCUT2D eigenvalue weighted by Gasteiger charge is 2.31. The zero-order valence-electron chi connectivity index (χ0n) is 17.3. The zero-order valence-corrected chi connectivity index (χ0v) is 17.3. The Balaban J connectivity index is 1.58. The minimum Gasteiger partial charge on any atom is -0.346 e. The van der Waals surface area contributed by atoms with Gasteiger partial charge in [0.25, 0.3) is 0 Å². The van der Waals surface area contributed by atoms with Crippen LogP contribution in [-0.4, -0.2) is 41.6 Å². The first-order chi connectivity index (χ1) is 14.3. The molecule has 2 aliphatic rings. The number of rotatable bonds is 4. The molecule has 1 aromatic carbocycles. The monoisotopic (exact) mass is 388 g/mol. The second kappa shape index (κ2) is 7.68. The van der Waals surface area contributed by atoms with Crippen LogP contribution in [0.2, 0.25) is 0 Å². The van der Waals surface area contributed by atoms with Gasteiger partial charge in [-0.25, -0.2) is 4.98 Å². The Morgan fingerprint density at radius 3 is 2.66 bits per heavy atom. The van der Waals surface area contributed by atoms with Crippen LogP contribution >= 0.6 is 0 Å². The van der Waals surface area contributed by atoms with Gasteiger partial charge in [0.1, 0.15) is 11.9 Å². The van der Waals surface area contributed by atoms with E-state index in [1.165, 1.54) is 44.6 Å². The molecule has 1 saturated carbocycles. The molecule has 2 fully saturated rings. The van der Waals surface area contributed by atoms with Crippen LogP contribution in [0.25, 0.3) is 16.7 Å². The second-order valence-electron chi connectivity index (χ2n) is 8.65. The molecule has 0 atom stereocenters. The number of para-hydroxylation sites is 2. The number of nitrogens with zero attached hydrogens (tertiary/aromatic N) is 4. The quantitative estimate of drug-likeness (QED) is 0.748. The van der Waals surface area contributed by atoms with Gasteiger partial charge in [0.2, 0.25) is 0 Å². The maximum Gasteiger partial charge on any atom is 0.157 e. The minimum atomic E-state index is 0.738. The minimum absolute atomic E-state index is 0.738. The van der Waals surface area contributed by atoms with Crippen molar-refractivity contribution in [2.75, 3.05) is 31.1 Å². The summed E-state index contributed by atoms with van der Waals surface area (Å²) in [5, 5.41) is 9.91. The number of imidazole rings is 1. The molecule has 5 rings (SSSR count). The molecule has 1 aliphatic carbocycles. The van der Waals surface area contributed by atoms with Gasteiger partial charge in [0.15, 0.2) is 5.65 Å². The summed E-state index contributed by atoms with van der Waals surface area (Å²) in [6, 6.07) is 13.9. The van der Waals surface area contributed by atoms with Gasteiger partial charge >= 0.3 is 0 Å². The molecule has 1 aliphatic heterocycles. The van der Waals surface area contributed by atoms with Gasteiger partial charge in [-0.3, -0.25) is 4.40 Å². The van der Waals surface area contributed by atoms with E-state index in [1.807, 2.05) is 6.07 Å². The van der Waals surface area contributed by atoms with Gasteiger partial charge in [0.05, 0.1) is 48.8 Å². The Morgan fingerprint density at radius 1 is 1.17 bits per heavy atom. The lowest BCUT2D eigenvalue weighted by atomic mass is 10.0. The number of quaternary nitrogens is 1. The molecule has 29 heavy (non-hydrogen) atoms. The molecule has 150 valence electrons. The lowest BCUT2D eigenvalue weighted by Crippen LogP contribution is -3.18. The third-order valence-electron chi connectivity index (χ3n) is 6.93. The third kappa shape index (κ3) is 3.16. The summed E-state index contributed by atoms with van der Waals surface area (Å²) in [7, 11) is 0. The van der Waals surface area contributed by atoms with Crippen LogP contribution in [0.3, 0.4) is 0 Å². The van der Waals surface area contributed by atoms with Gasteiger partial charge in [-0.05, 0) is 55.9 Å². The molecule has 5 nitrogen and oxygen atoms in total. The van der Waals surface area contributed by atoms with Crippen molar-refractivity contribution in [2.24, 2.45) is 0 Å². The molecule has 3 heterocycles. The summed E-state index contributed by atoms with van der Waals surface area (Å²) in [5.41, 5.74) is 4.76. The molecule has 3 aromatic rings. The normalized spacial score (nSPS) is 18.7. The van der Waals surface area contributed by atoms with Crippen LogP contribution in [0.15, 0.2) is 30.3 Å². The van der Waals surface area contributed by atoms with Crippen molar-refractivity contribution in [3.8, 4) is 6.07 Å². The van der Waals surface area contributed by atoms with Crippen LogP contribution in [0.5, 0.6) is 0 Å². The van der Waals surface area contributed by atoms with Gasteiger partial charge in [-0.15, -0.1) is 0 Å². The van der Waals surface area contributed by atoms with E-state index in [2.05, 4.69) is 46.6 Å². The standard InChI is InChI=1S/C24H29N5/c1-2-7-18-16-23(28-14-12-27(13-15-28)19-8-3-4-9-19)29-22-11-6-5-10-21(22)26-24(29)20(18)17-25/h5-6,10-11,16,19H,2-4,7-9,12-15H2,1H3/p+1. The Bertz CT molecular complexity index is 1060. The Hall–Kier alpha value is -2.58. The second-order valence-corrected chi connectivity index (χ2v) is 8.65. The fourth-order valence-electron chi connectivity index (χ4n) is 5.45. The number of pyridine rings is 1. The molecule has 0 amide bonds. The number of benzene rings is 1. The Labute approximate surface area is 172 Å². The first-order valence-corrected chi connectivity index (χ1v) is 11.2. The first kappa shape index (κ1) is 18.4. The maximum atomic E-state index is 9.91. The predicted octanol–water partition coefficient (Wildman–Crippen LogP) is 2.96. The largest absolute Gasteiger partial charge is 0.346 e. The van der Waals surface area contributed by atoms with Crippen molar-refractivity contribution < 1.29 is 4.90 Å². The molecule has 0 spiro atoms. The number of aromatic nitrogens is 2. The molecule has 1 saturated heterocycles. The topological polar surface area (TPSA) is 48.8 Å². The lowest BCUT2D eigenvalue weighted by Gasteiger charge is -2.37. The number of piperazine rings is 1. The number of hydrogen-bond acceptors (Lipinski definition) is 3. The summed E-state index contributed by atoms with van der Waals surface area (Å²) in [6.45, 7) is 6.75. The molecular weight excluding hydrogens is 358 g/mol. The summed E-state index contributed by atoms with van der Waals surface area (Å²) < 4.78 is 2.23. The molecule has 0 bridgehead atoms. The van der Waals surface area contributed by atoms with E-state index >= 15 is 0 Å². The molecule has 5 heteroatoms. The van der Waals surface area contributed by atoms with E-state index in [4.69, 9.17) is 4.98 Å². The number of anilines is 1. The fraction of sp³-hybridized carbons (Fsp3) is 0.500. The van der Waals surface area contributed by atoms with Crippen LogP contribution in [-0.2, 0) is 6.42 Å². The molecule has 0 radical (unpaired) electrons. The highest BCUT2D eigenvalue weighted by molar-refractivity contribution is 5.85. The van der Waals surface area contributed by atoms with Crippen LogP contribution in [0.1, 0.15) is 50.2 Å². The van der Waals surface area contributed by atoms with Crippen molar-refractivity contribution in [1.82, 2.24) is 9.38 Å². The van der Waals surface area contributed by atoms with Crippen molar-refractivity contribution in [3.05, 3.63) is 41.5 Å². The summed E-state index contributed by atoms with van der Waals surface area (Å²) >= 11 is 0. The van der Waals surface area contributed by atoms with Crippen molar-refractivity contribution >= 4 is 22.5 Å². The van der Waals surface area contributed by atoms with Crippen molar-refractivity contribution in [3.63, 3.8) is 0 Å². The average molecular weight is 389 g/mol.